The van der Waals surface area contributed by atoms with Gasteiger partial charge >= 0.3 is 0 Å². The predicted molar refractivity (Wildman–Crippen MR) is 149 cm³/mol. The van der Waals surface area contributed by atoms with Gasteiger partial charge in [0, 0.05) is 51.5 Å². The number of anilines is 3. The number of piperazine rings is 1. The molecule has 0 bridgehead atoms. The molecule has 2 aliphatic rings. The largest absolute Gasteiger partial charge is 0.482 e. The molecule has 0 unspecified atom stereocenters. The molecular formula is C27H31N7O4S. The smallest absolute Gasteiger partial charge is 0.265 e. The minimum absolute atomic E-state index is 0.0293. The second kappa shape index (κ2) is 11.4. The molecule has 5 rings (SSSR count). The number of hydrogen-bond acceptors (Lipinski definition) is 8. The lowest BCUT2D eigenvalue weighted by Crippen LogP contribution is -2.48. The Morgan fingerprint density at radius 1 is 1.05 bits per heavy atom. The quantitative estimate of drug-likeness (QED) is 0.448. The van der Waals surface area contributed by atoms with Crippen LogP contribution in [0.4, 0.5) is 17.1 Å². The van der Waals surface area contributed by atoms with Crippen LogP contribution in [0, 0.1) is 0 Å². The zero-order valence-electron chi connectivity index (χ0n) is 22.2. The molecule has 3 aromatic rings. The minimum Gasteiger partial charge on any atom is -0.482 e. The van der Waals surface area contributed by atoms with Crippen LogP contribution in [0.15, 0.2) is 53.7 Å². The molecule has 0 aliphatic carbocycles. The van der Waals surface area contributed by atoms with Crippen LogP contribution in [0.5, 0.6) is 5.75 Å². The van der Waals surface area contributed by atoms with Gasteiger partial charge in [-0.2, -0.15) is 0 Å². The molecule has 204 valence electrons. The van der Waals surface area contributed by atoms with E-state index in [0.717, 1.165) is 18.8 Å². The number of carbonyl (C=O) groups excluding carboxylic acids is 3. The summed E-state index contributed by atoms with van der Waals surface area (Å²) in [7, 11) is 1.83. The molecule has 39 heavy (non-hydrogen) atoms. The first-order valence-corrected chi connectivity index (χ1v) is 13.8. The van der Waals surface area contributed by atoms with Gasteiger partial charge in [0.15, 0.2) is 17.6 Å². The predicted octanol–water partition coefficient (Wildman–Crippen LogP) is 2.70. The van der Waals surface area contributed by atoms with Gasteiger partial charge in [-0.1, -0.05) is 23.9 Å². The number of nitrogens with one attached hydrogen (secondary N) is 1. The SMILES string of the molecule is CC(=O)N1CCN(c2ccc(NC(=O)CSc3nnc([C@@H](C)N4C(=O)COc5ccccc54)n3C)cc2)CC1. The van der Waals surface area contributed by atoms with Gasteiger partial charge < -0.3 is 24.4 Å². The van der Waals surface area contributed by atoms with E-state index in [2.05, 4.69) is 20.4 Å². The van der Waals surface area contributed by atoms with E-state index in [9.17, 15) is 14.4 Å². The van der Waals surface area contributed by atoms with Crippen molar-refractivity contribution in [1.29, 1.82) is 0 Å². The first-order valence-electron chi connectivity index (χ1n) is 12.8. The Morgan fingerprint density at radius 2 is 1.77 bits per heavy atom. The van der Waals surface area contributed by atoms with Crippen molar-refractivity contribution in [2.45, 2.75) is 25.0 Å². The van der Waals surface area contributed by atoms with Crippen LogP contribution in [0.3, 0.4) is 0 Å². The number of benzene rings is 2. The number of thioether (sulfide) groups is 1. The number of amides is 3. The van der Waals surface area contributed by atoms with Gasteiger partial charge in [-0.15, -0.1) is 10.2 Å². The van der Waals surface area contributed by atoms with Crippen LogP contribution in [-0.4, -0.2) is 75.9 Å². The highest BCUT2D eigenvalue weighted by Gasteiger charge is 2.32. The van der Waals surface area contributed by atoms with Crippen LogP contribution in [0.2, 0.25) is 0 Å². The van der Waals surface area contributed by atoms with Crippen molar-refractivity contribution in [2.24, 2.45) is 7.05 Å². The minimum atomic E-state index is -0.368. The van der Waals surface area contributed by atoms with Crippen LogP contribution in [0.1, 0.15) is 25.7 Å². The maximum atomic E-state index is 12.7. The van der Waals surface area contributed by atoms with Crippen molar-refractivity contribution in [2.75, 3.05) is 53.7 Å². The molecule has 11 nitrogen and oxygen atoms in total. The Labute approximate surface area is 231 Å². The van der Waals surface area contributed by atoms with Gasteiger partial charge in [0.05, 0.1) is 17.5 Å². The standard InChI is InChI=1S/C27H31N7O4S/c1-18(34-22-6-4-5-7-23(22)38-16-25(34)37)26-29-30-27(31(26)3)39-17-24(36)28-20-8-10-21(11-9-20)33-14-12-32(13-15-33)19(2)35/h4-11,18H,12-17H2,1-3H3,(H,28,36)/t18-/m1/s1. The number of fused-ring (bicyclic) bond motifs is 1. The van der Waals surface area contributed by atoms with Gasteiger partial charge in [0.25, 0.3) is 5.91 Å². The highest BCUT2D eigenvalue weighted by Crippen LogP contribution is 2.37. The number of nitrogens with zero attached hydrogens (tertiary/aromatic N) is 6. The summed E-state index contributed by atoms with van der Waals surface area (Å²) in [6, 6.07) is 14.8. The van der Waals surface area contributed by atoms with Crippen LogP contribution < -0.4 is 19.9 Å². The molecule has 1 N–H and O–H groups in total. The molecule has 2 aliphatic heterocycles. The topological polar surface area (TPSA) is 113 Å². The fourth-order valence-corrected chi connectivity index (χ4v) is 5.56. The Balaban J connectivity index is 1.16. The number of aromatic nitrogens is 3. The van der Waals surface area contributed by atoms with Gasteiger partial charge in [-0.25, -0.2) is 0 Å². The summed E-state index contributed by atoms with van der Waals surface area (Å²) >= 11 is 1.28. The Morgan fingerprint density at radius 3 is 2.49 bits per heavy atom. The summed E-state index contributed by atoms with van der Waals surface area (Å²) < 4.78 is 7.37. The average molecular weight is 550 g/mol. The lowest BCUT2D eigenvalue weighted by atomic mass is 10.1. The molecule has 3 amide bonds. The van der Waals surface area contributed by atoms with Crippen molar-refractivity contribution in [3.05, 3.63) is 54.4 Å². The fourth-order valence-electron chi connectivity index (χ4n) is 4.84. The highest BCUT2D eigenvalue weighted by molar-refractivity contribution is 7.99. The van der Waals surface area contributed by atoms with Crippen molar-refractivity contribution in [3.63, 3.8) is 0 Å². The second-order valence-electron chi connectivity index (χ2n) is 9.47. The Kier molecular flexibility index (Phi) is 7.73. The molecular weight excluding hydrogens is 518 g/mol. The molecule has 0 radical (unpaired) electrons. The summed E-state index contributed by atoms with van der Waals surface area (Å²) in [6.07, 6.45) is 0. The summed E-state index contributed by atoms with van der Waals surface area (Å²) in [5.41, 5.74) is 2.47. The Bertz CT molecular complexity index is 1370. The third-order valence-corrected chi connectivity index (χ3v) is 7.97. The lowest BCUT2D eigenvalue weighted by Gasteiger charge is -2.35. The summed E-state index contributed by atoms with van der Waals surface area (Å²) in [4.78, 5) is 42.6. The lowest BCUT2D eigenvalue weighted by molar-refractivity contribution is -0.129. The number of para-hydroxylation sites is 2. The molecule has 1 atom stereocenters. The molecule has 0 spiro atoms. The molecule has 3 heterocycles. The number of ether oxygens (including phenoxy) is 1. The zero-order valence-corrected chi connectivity index (χ0v) is 23.0. The first kappa shape index (κ1) is 26.5. The van der Waals surface area contributed by atoms with Gasteiger partial charge in [0.1, 0.15) is 5.75 Å². The maximum Gasteiger partial charge on any atom is 0.265 e. The third-order valence-electron chi connectivity index (χ3n) is 6.95. The molecule has 0 saturated carbocycles. The Hall–Kier alpha value is -4.06. The molecule has 1 saturated heterocycles. The summed E-state index contributed by atoms with van der Waals surface area (Å²) in [5, 5.41) is 12.1. The van der Waals surface area contributed by atoms with Gasteiger partial charge in [-0.05, 0) is 43.3 Å². The third kappa shape index (κ3) is 5.70. The summed E-state index contributed by atoms with van der Waals surface area (Å²) in [6.45, 7) is 6.46. The van der Waals surface area contributed by atoms with E-state index in [1.807, 2.05) is 72.0 Å². The molecule has 2 aromatic carbocycles. The molecule has 12 heteroatoms. The molecule has 1 aromatic heterocycles. The molecule has 1 fully saturated rings. The van der Waals surface area contributed by atoms with Crippen LogP contribution >= 0.6 is 11.8 Å². The van der Waals surface area contributed by atoms with Crippen LogP contribution in [-0.2, 0) is 21.4 Å². The first-order chi connectivity index (χ1) is 18.8. The fraction of sp³-hybridized carbons (Fsp3) is 0.370. The van der Waals surface area contributed by atoms with Crippen molar-refractivity contribution in [1.82, 2.24) is 19.7 Å². The number of hydrogen-bond donors (Lipinski definition) is 1. The second-order valence-corrected chi connectivity index (χ2v) is 10.4. The van der Waals surface area contributed by atoms with Crippen molar-refractivity contribution >= 4 is 46.5 Å². The van der Waals surface area contributed by atoms with Crippen molar-refractivity contribution < 1.29 is 19.1 Å². The summed E-state index contributed by atoms with van der Waals surface area (Å²) in [5.74, 6) is 1.23. The number of rotatable bonds is 7. The van der Waals surface area contributed by atoms with E-state index in [4.69, 9.17) is 4.74 Å². The maximum absolute atomic E-state index is 12.7. The van der Waals surface area contributed by atoms with Gasteiger partial charge in [-0.3, -0.25) is 19.3 Å². The van der Waals surface area contributed by atoms with E-state index < -0.39 is 0 Å². The van der Waals surface area contributed by atoms with Gasteiger partial charge in [0.2, 0.25) is 11.8 Å². The average Bonchev–Trinajstić information content (AvgIpc) is 3.32. The van der Waals surface area contributed by atoms with E-state index in [1.165, 1.54) is 11.8 Å². The van der Waals surface area contributed by atoms with E-state index in [1.54, 1.807) is 11.8 Å². The zero-order chi connectivity index (χ0) is 27.5. The van der Waals surface area contributed by atoms with Crippen molar-refractivity contribution in [3.8, 4) is 5.75 Å². The monoisotopic (exact) mass is 549 g/mol. The van der Waals surface area contributed by atoms with Crippen LogP contribution in [0.25, 0.3) is 0 Å². The van der Waals surface area contributed by atoms with E-state index in [0.29, 0.717) is 41.2 Å². The number of carbonyl (C=O) groups is 3. The normalized spacial score (nSPS) is 16.0. The highest BCUT2D eigenvalue weighted by atomic mass is 32.2. The van der Waals surface area contributed by atoms with E-state index in [-0.39, 0.29) is 36.1 Å². The van der Waals surface area contributed by atoms with E-state index >= 15 is 0 Å².